The van der Waals surface area contributed by atoms with Gasteiger partial charge in [0.05, 0.1) is 11.0 Å². The first-order valence-electron chi connectivity index (χ1n) is 7.52. The Bertz CT molecular complexity index is 648. The molecule has 0 atom stereocenters. The van der Waals surface area contributed by atoms with Crippen molar-refractivity contribution in [3.05, 3.63) is 24.0 Å². The lowest BCUT2D eigenvalue weighted by atomic mass is 9.84. The van der Waals surface area contributed by atoms with Crippen LogP contribution in [-0.2, 0) is 6.54 Å². The standard InChI is InChI=1S/C16H21N3S/c1-20-16(7-2-8-16)10-19-14-6-5-12(17)9-13(14)18-15(19)11-3-4-11/h5-6,9,11H,2-4,7-8,10,17H2,1H3. The van der Waals surface area contributed by atoms with Crippen molar-refractivity contribution in [3.63, 3.8) is 0 Å². The number of nitrogens with two attached hydrogens (primary N) is 1. The van der Waals surface area contributed by atoms with Gasteiger partial charge in [0.15, 0.2) is 0 Å². The second kappa shape index (κ2) is 4.42. The molecule has 2 fully saturated rings. The topological polar surface area (TPSA) is 43.8 Å². The molecule has 0 unspecified atom stereocenters. The van der Waals surface area contributed by atoms with Gasteiger partial charge in [-0.25, -0.2) is 4.98 Å². The molecular formula is C16H21N3S. The van der Waals surface area contributed by atoms with Crippen LogP contribution in [0.2, 0.25) is 0 Å². The number of nitrogen functional groups attached to an aromatic ring is 1. The molecule has 0 saturated heterocycles. The van der Waals surface area contributed by atoms with E-state index in [2.05, 4.69) is 16.9 Å². The van der Waals surface area contributed by atoms with Gasteiger partial charge in [-0.05, 0) is 50.1 Å². The molecule has 0 aliphatic heterocycles. The maximum absolute atomic E-state index is 5.91. The number of hydrogen-bond donors (Lipinski definition) is 1. The van der Waals surface area contributed by atoms with Gasteiger partial charge >= 0.3 is 0 Å². The van der Waals surface area contributed by atoms with Crippen LogP contribution in [0.15, 0.2) is 18.2 Å². The summed E-state index contributed by atoms with van der Waals surface area (Å²) in [6.07, 6.45) is 8.90. The van der Waals surface area contributed by atoms with Crippen LogP contribution in [0.4, 0.5) is 5.69 Å². The van der Waals surface area contributed by atoms with E-state index >= 15 is 0 Å². The Hall–Kier alpha value is -1.16. The predicted octanol–water partition coefficient (Wildman–Crippen LogP) is 3.78. The summed E-state index contributed by atoms with van der Waals surface area (Å²) in [5.41, 5.74) is 9.06. The van der Waals surface area contributed by atoms with E-state index in [1.54, 1.807) is 0 Å². The summed E-state index contributed by atoms with van der Waals surface area (Å²) in [5.74, 6) is 1.98. The fraction of sp³-hybridized carbons (Fsp3) is 0.562. The van der Waals surface area contributed by atoms with Gasteiger partial charge in [0.1, 0.15) is 5.82 Å². The van der Waals surface area contributed by atoms with E-state index in [9.17, 15) is 0 Å². The van der Waals surface area contributed by atoms with Crippen LogP contribution in [0.5, 0.6) is 0 Å². The lowest BCUT2D eigenvalue weighted by Gasteiger charge is -2.41. The summed E-state index contributed by atoms with van der Waals surface area (Å²) in [4.78, 5) is 4.89. The molecule has 1 heterocycles. The molecule has 2 saturated carbocycles. The molecule has 0 radical (unpaired) electrons. The van der Waals surface area contributed by atoms with E-state index in [0.29, 0.717) is 10.7 Å². The zero-order valence-corrected chi connectivity index (χ0v) is 12.7. The molecule has 1 aromatic carbocycles. The summed E-state index contributed by atoms with van der Waals surface area (Å²) in [6.45, 7) is 1.11. The van der Waals surface area contributed by atoms with E-state index in [-0.39, 0.29) is 0 Å². The molecule has 106 valence electrons. The Kier molecular flexibility index (Phi) is 2.78. The van der Waals surface area contributed by atoms with E-state index in [4.69, 9.17) is 10.7 Å². The molecule has 0 spiro atoms. The minimum absolute atomic E-state index is 0.443. The summed E-state index contributed by atoms with van der Waals surface area (Å²) in [6, 6.07) is 6.17. The fourth-order valence-electron chi connectivity index (χ4n) is 3.27. The van der Waals surface area contributed by atoms with Gasteiger partial charge in [-0.2, -0.15) is 11.8 Å². The van der Waals surface area contributed by atoms with E-state index in [1.807, 2.05) is 23.9 Å². The second-order valence-electron chi connectivity index (χ2n) is 6.32. The van der Waals surface area contributed by atoms with Gasteiger partial charge in [-0.1, -0.05) is 6.42 Å². The molecule has 0 amide bonds. The highest BCUT2D eigenvalue weighted by Crippen LogP contribution is 2.47. The maximum Gasteiger partial charge on any atom is 0.113 e. The SMILES string of the molecule is CSC1(Cn2c(C3CC3)nc3cc(N)ccc32)CCC1. The zero-order valence-electron chi connectivity index (χ0n) is 11.9. The third kappa shape index (κ3) is 1.93. The number of fused-ring (bicyclic) bond motifs is 1. The average molecular weight is 287 g/mol. The van der Waals surface area contributed by atoms with Crippen LogP contribution in [-0.4, -0.2) is 20.6 Å². The molecule has 1 aromatic heterocycles. The van der Waals surface area contributed by atoms with Crippen LogP contribution < -0.4 is 5.73 Å². The minimum Gasteiger partial charge on any atom is -0.399 e. The molecule has 0 bridgehead atoms. The summed E-state index contributed by atoms with van der Waals surface area (Å²) in [5, 5.41) is 0. The Morgan fingerprint density at radius 1 is 1.40 bits per heavy atom. The monoisotopic (exact) mass is 287 g/mol. The van der Waals surface area contributed by atoms with E-state index < -0.39 is 0 Å². The minimum atomic E-state index is 0.443. The number of aromatic nitrogens is 2. The molecule has 4 rings (SSSR count). The number of nitrogens with zero attached hydrogens (tertiary/aromatic N) is 2. The zero-order chi connectivity index (χ0) is 13.7. The van der Waals surface area contributed by atoms with Crippen LogP contribution in [0, 0.1) is 0 Å². The molecule has 2 aliphatic carbocycles. The number of imidazole rings is 1. The normalized spacial score (nSPS) is 21.1. The quantitative estimate of drug-likeness (QED) is 0.870. The Morgan fingerprint density at radius 3 is 2.80 bits per heavy atom. The summed E-state index contributed by atoms with van der Waals surface area (Å²) < 4.78 is 2.93. The highest BCUT2D eigenvalue weighted by Gasteiger charge is 2.39. The van der Waals surface area contributed by atoms with Crippen molar-refractivity contribution in [3.8, 4) is 0 Å². The van der Waals surface area contributed by atoms with Crippen molar-refractivity contribution >= 4 is 28.5 Å². The van der Waals surface area contributed by atoms with Crippen molar-refractivity contribution in [2.75, 3.05) is 12.0 Å². The maximum atomic E-state index is 5.91. The highest BCUT2D eigenvalue weighted by molar-refractivity contribution is 8.00. The second-order valence-corrected chi connectivity index (χ2v) is 7.59. The molecular weight excluding hydrogens is 266 g/mol. The van der Waals surface area contributed by atoms with Gasteiger partial charge in [0.2, 0.25) is 0 Å². The predicted molar refractivity (Wildman–Crippen MR) is 86.2 cm³/mol. The third-order valence-electron chi connectivity index (χ3n) is 4.89. The average Bonchev–Trinajstić information content (AvgIpc) is 3.17. The molecule has 20 heavy (non-hydrogen) atoms. The highest BCUT2D eigenvalue weighted by atomic mass is 32.2. The van der Waals surface area contributed by atoms with E-state index in [0.717, 1.165) is 17.7 Å². The van der Waals surface area contributed by atoms with Gasteiger partial charge in [-0.3, -0.25) is 0 Å². The molecule has 2 aliphatic rings. The van der Waals surface area contributed by atoms with E-state index in [1.165, 1.54) is 43.4 Å². The first-order chi connectivity index (χ1) is 9.71. The number of hydrogen-bond acceptors (Lipinski definition) is 3. The van der Waals surface area contributed by atoms with Crippen molar-refractivity contribution in [1.82, 2.24) is 9.55 Å². The van der Waals surface area contributed by atoms with Crippen LogP contribution >= 0.6 is 11.8 Å². The molecule has 2 aromatic rings. The largest absolute Gasteiger partial charge is 0.399 e. The number of rotatable bonds is 4. The Balaban J connectivity index is 1.81. The van der Waals surface area contributed by atoms with Crippen LogP contribution in [0.25, 0.3) is 11.0 Å². The number of thioether (sulfide) groups is 1. The lowest BCUT2D eigenvalue weighted by molar-refractivity contribution is 0.321. The molecule has 4 heteroatoms. The van der Waals surface area contributed by atoms with Crippen molar-refractivity contribution in [2.45, 2.75) is 49.3 Å². The van der Waals surface area contributed by atoms with Crippen molar-refractivity contribution < 1.29 is 0 Å². The lowest BCUT2D eigenvalue weighted by Crippen LogP contribution is -2.38. The first kappa shape index (κ1) is 12.6. The summed E-state index contributed by atoms with van der Waals surface area (Å²) >= 11 is 2.04. The van der Waals surface area contributed by atoms with Crippen LogP contribution in [0.1, 0.15) is 43.8 Å². The Labute approximate surface area is 123 Å². The van der Waals surface area contributed by atoms with Gasteiger partial charge in [-0.15, -0.1) is 0 Å². The Morgan fingerprint density at radius 2 is 2.20 bits per heavy atom. The van der Waals surface area contributed by atoms with Crippen LogP contribution in [0.3, 0.4) is 0 Å². The first-order valence-corrected chi connectivity index (χ1v) is 8.74. The fourth-order valence-corrected chi connectivity index (χ4v) is 4.23. The summed E-state index contributed by atoms with van der Waals surface area (Å²) in [7, 11) is 0. The van der Waals surface area contributed by atoms with Crippen molar-refractivity contribution in [1.29, 1.82) is 0 Å². The number of anilines is 1. The smallest absolute Gasteiger partial charge is 0.113 e. The van der Waals surface area contributed by atoms with Gasteiger partial charge in [0, 0.05) is 22.9 Å². The number of benzene rings is 1. The molecule has 3 nitrogen and oxygen atoms in total. The third-order valence-corrected chi connectivity index (χ3v) is 6.29. The van der Waals surface area contributed by atoms with Crippen molar-refractivity contribution in [2.24, 2.45) is 0 Å². The van der Waals surface area contributed by atoms with Gasteiger partial charge < -0.3 is 10.3 Å². The van der Waals surface area contributed by atoms with Gasteiger partial charge in [0.25, 0.3) is 0 Å². The molecule has 2 N–H and O–H groups in total.